The van der Waals surface area contributed by atoms with Gasteiger partial charge in [0, 0.05) is 50.0 Å². The van der Waals surface area contributed by atoms with Crippen LogP contribution in [0.1, 0.15) is 21.5 Å². The van der Waals surface area contributed by atoms with E-state index in [1.165, 1.54) is 0 Å². The monoisotopic (exact) mass is 463 g/mol. The van der Waals surface area contributed by atoms with Crippen LogP contribution in [-0.2, 0) is 22.4 Å². The van der Waals surface area contributed by atoms with Gasteiger partial charge in [-0.15, -0.1) is 0 Å². The summed E-state index contributed by atoms with van der Waals surface area (Å²) in [6.45, 7) is 1.30. The molecule has 1 unspecified atom stereocenters. The number of nitrogens with one attached hydrogen (secondary N) is 1. The van der Waals surface area contributed by atoms with Crippen LogP contribution < -0.4 is 9.47 Å². The molecule has 8 nitrogen and oxygen atoms in total. The van der Waals surface area contributed by atoms with Gasteiger partial charge in [-0.2, -0.15) is 5.10 Å². The number of benzene rings is 2. The topological polar surface area (TPSA) is 93.8 Å². The highest BCUT2D eigenvalue weighted by atomic mass is 16.5. The minimum absolute atomic E-state index is 0.0777. The van der Waals surface area contributed by atoms with E-state index < -0.39 is 0 Å². The Bertz CT molecular complexity index is 1160. The molecule has 1 aromatic heterocycles. The third-order valence-corrected chi connectivity index (χ3v) is 6.13. The number of carbonyl (C=O) groups is 2. The summed E-state index contributed by atoms with van der Waals surface area (Å²) in [6.07, 6.45) is 4.33. The molecule has 0 saturated heterocycles. The number of likely N-dealkylation sites (N-methyl/N-ethyl adjacent to an activating group) is 1. The molecule has 1 aliphatic heterocycles. The summed E-state index contributed by atoms with van der Waals surface area (Å²) in [5.74, 6) is 1.09. The zero-order chi connectivity index (χ0) is 24.1. The van der Waals surface area contributed by atoms with Crippen LogP contribution in [-0.4, -0.2) is 67.8 Å². The molecule has 0 bridgehead atoms. The Morgan fingerprint density at radius 2 is 2.03 bits per heavy atom. The van der Waals surface area contributed by atoms with Gasteiger partial charge in [0.1, 0.15) is 17.3 Å². The summed E-state index contributed by atoms with van der Waals surface area (Å²) in [4.78, 5) is 27.5. The molecule has 1 aliphatic rings. The molecule has 1 atom stereocenters. The fourth-order valence-electron chi connectivity index (χ4n) is 4.10. The van der Waals surface area contributed by atoms with Crippen LogP contribution in [0.2, 0.25) is 0 Å². The number of nitrogens with zero attached hydrogens (tertiary/aromatic N) is 2. The molecule has 0 aliphatic carbocycles. The van der Waals surface area contributed by atoms with Crippen molar-refractivity contribution in [3.63, 3.8) is 0 Å². The van der Waals surface area contributed by atoms with Crippen molar-refractivity contribution >= 4 is 11.7 Å². The first kappa shape index (κ1) is 23.5. The van der Waals surface area contributed by atoms with Crippen molar-refractivity contribution in [2.24, 2.45) is 5.92 Å². The van der Waals surface area contributed by atoms with Crippen LogP contribution in [0, 0.1) is 5.92 Å². The van der Waals surface area contributed by atoms with Crippen molar-refractivity contribution in [1.29, 1.82) is 0 Å². The van der Waals surface area contributed by atoms with Gasteiger partial charge >= 0.3 is 0 Å². The molecule has 0 saturated carbocycles. The maximum Gasteiger partial charge on any atom is 0.253 e. The molecule has 178 valence electrons. The SMILES string of the molecule is COCCN(C)C(=O)c1ccc2c(c1)CC(C(=O)Cc1ccc(-c3cn[nH]c3)cc1OC)CO2. The van der Waals surface area contributed by atoms with Crippen LogP contribution in [0.3, 0.4) is 0 Å². The zero-order valence-corrected chi connectivity index (χ0v) is 19.7. The first-order valence-electron chi connectivity index (χ1n) is 11.2. The van der Waals surface area contributed by atoms with E-state index in [4.69, 9.17) is 14.2 Å². The Morgan fingerprint density at radius 1 is 1.18 bits per heavy atom. The van der Waals surface area contributed by atoms with Crippen LogP contribution in [0.4, 0.5) is 0 Å². The molecule has 1 amide bonds. The fraction of sp³-hybridized carbons (Fsp3) is 0.346. The van der Waals surface area contributed by atoms with Crippen LogP contribution in [0.5, 0.6) is 11.5 Å². The molecular formula is C26H29N3O5. The normalized spacial score (nSPS) is 14.7. The number of aromatic nitrogens is 2. The average molecular weight is 464 g/mol. The fourth-order valence-corrected chi connectivity index (χ4v) is 4.10. The maximum atomic E-state index is 13.2. The number of hydrogen-bond donors (Lipinski definition) is 1. The quantitative estimate of drug-likeness (QED) is 0.524. The third-order valence-electron chi connectivity index (χ3n) is 6.13. The van der Waals surface area contributed by atoms with Gasteiger partial charge in [0.25, 0.3) is 5.91 Å². The molecule has 34 heavy (non-hydrogen) atoms. The van der Waals surface area contributed by atoms with Crippen molar-refractivity contribution in [2.45, 2.75) is 12.8 Å². The molecule has 4 rings (SSSR count). The number of ketones is 1. The maximum absolute atomic E-state index is 13.2. The largest absolute Gasteiger partial charge is 0.496 e. The van der Waals surface area contributed by atoms with Gasteiger partial charge in [0.2, 0.25) is 0 Å². The number of ether oxygens (including phenoxy) is 3. The van der Waals surface area contributed by atoms with E-state index in [2.05, 4.69) is 10.2 Å². The van der Waals surface area contributed by atoms with Gasteiger partial charge in [-0.3, -0.25) is 14.7 Å². The molecule has 0 radical (unpaired) electrons. The Morgan fingerprint density at radius 3 is 2.76 bits per heavy atom. The van der Waals surface area contributed by atoms with Gasteiger partial charge in [-0.25, -0.2) is 0 Å². The van der Waals surface area contributed by atoms with E-state index in [0.29, 0.717) is 37.5 Å². The number of Topliss-reactive ketones (excluding diaryl/α,β-unsaturated/α-hetero) is 1. The van der Waals surface area contributed by atoms with Crippen molar-refractivity contribution in [1.82, 2.24) is 15.1 Å². The van der Waals surface area contributed by atoms with Crippen LogP contribution in [0.25, 0.3) is 11.1 Å². The van der Waals surface area contributed by atoms with E-state index in [1.807, 2.05) is 36.5 Å². The van der Waals surface area contributed by atoms with Gasteiger partial charge < -0.3 is 19.1 Å². The number of amides is 1. The highest BCUT2D eigenvalue weighted by molar-refractivity contribution is 5.94. The van der Waals surface area contributed by atoms with Crippen LogP contribution >= 0.6 is 0 Å². The summed E-state index contributed by atoms with van der Waals surface area (Å²) in [6, 6.07) is 11.2. The number of rotatable bonds is 9. The molecule has 2 aromatic carbocycles. The number of fused-ring (bicyclic) bond motifs is 1. The molecular weight excluding hydrogens is 434 g/mol. The highest BCUT2D eigenvalue weighted by Crippen LogP contribution is 2.31. The number of aromatic amines is 1. The Balaban J connectivity index is 1.46. The number of hydrogen-bond acceptors (Lipinski definition) is 6. The second kappa shape index (κ2) is 10.5. The zero-order valence-electron chi connectivity index (χ0n) is 19.7. The summed E-state index contributed by atoms with van der Waals surface area (Å²) >= 11 is 0. The van der Waals surface area contributed by atoms with E-state index in [9.17, 15) is 9.59 Å². The lowest BCUT2D eigenvalue weighted by atomic mass is 9.89. The van der Waals surface area contributed by atoms with Gasteiger partial charge in [-0.05, 0) is 41.8 Å². The second-order valence-electron chi connectivity index (χ2n) is 8.41. The first-order valence-corrected chi connectivity index (χ1v) is 11.2. The molecule has 0 spiro atoms. The molecule has 3 aromatic rings. The minimum atomic E-state index is -0.290. The third kappa shape index (κ3) is 5.12. The number of carbonyl (C=O) groups excluding carboxylic acids is 2. The Hall–Kier alpha value is -3.65. The number of H-pyrrole nitrogens is 1. The average Bonchev–Trinajstić information content (AvgIpc) is 3.41. The van der Waals surface area contributed by atoms with E-state index in [1.54, 1.807) is 38.4 Å². The van der Waals surface area contributed by atoms with E-state index in [-0.39, 0.29) is 24.0 Å². The van der Waals surface area contributed by atoms with Crippen molar-refractivity contribution in [3.8, 4) is 22.6 Å². The van der Waals surface area contributed by atoms with E-state index in [0.717, 1.165) is 28.0 Å². The smallest absolute Gasteiger partial charge is 0.253 e. The van der Waals surface area contributed by atoms with Gasteiger partial charge in [-0.1, -0.05) is 12.1 Å². The molecule has 0 fully saturated rings. The highest BCUT2D eigenvalue weighted by Gasteiger charge is 2.27. The lowest BCUT2D eigenvalue weighted by molar-refractivity contribution is -0.123. The minimum Gasteiger partial charge on any atom is -0.496 e. The van der Waals surface area contributed by atoms with Crippen molar-refractivity contribution < 1.29 is 23.8 Å². The lowest BCUT2D eigenvalue weighted by Crippen LogP contribution is -2.31. The molecule has 8 heteroatoms. The molecule has 1 N–H and O–H groups in total. The van der Waals surface area contributed by atoms with Gasteiger partial charge in [0.05, 0.1) is 32.4 Å². The molecule has 2 heterocycles. The predicted molar refractivity (Wildman–Crippen MR) is 127 cm³/mol. The van der Waals surface area contributed by atoms with E-state index >= 15 is 0 Å². The Kier molecular flexibility index (Phi) is 7.27. The second-order valence-corrected chi connectivity index (χ2v) is 8.41. The summed E-state index contributed by atoms with van der Waals surface area (Å²) in [7, 11) is 4.95. The summed E-state index contributed by atoms with van der Waals surface area (Å²) in [5.41, 5.74) is 4.19. The summed E-state index contributed by atoms with van der Waals surface area (Å²) < 4.78 is 16.5. The number of methoxy groups -OCH3 is 2. The van der Waals surface area contributed by atoms with Gasteiger partial charge in [0.15, 0.2) is 0 Å². The lowest BCUT2D eigenvalue weighted by Gasteiger charge is -2.25. The van der Waals surface area contributed by atoms with Crippen LogP contribution in [0.15, 0.2) is 48.8 Å². The van der Waals surface area contributed by atoms with Crippen molar-refractivity contribution in [3.05, 3.63) is 65.5 Å². The van der Waals surface area contributed by atoms with Crippen molar-refractivity contribution in [2.75, 3.05) is 41.0 Å². The Labute approximate surface area is 198 Å². The summed E-state index contributed by atoms with van der Waals surface area (Å²) in [5, 5.41) is 6.78. The predicted octanol–water partition coefficient (Wildman–Crippen LogP) is 3.17. The standard InChI is InChI=1S/C26H29N3O5/c1-29(8-9-32-2)26(31)19-6-7-24-20(10-19)11-21(16-34-24)23(30)12-18-5-4-17(13-25(18)33-3)22-14-27-28-15-22/h4-7,10,13-15,21H,8-9,11-12,16H2,1-3H3,(H,27,28). The first-order chi connectivity index (χ1) is 16.5.